The molecule has 5 nitrogen and oxygen atoms in total. The van der Waals surface area contributed by atoms with E-state index in [4.69, 9.17) is 9.47 Å². The van der Waals surface area contributed by atoms with E-state index in [1.54, 1.807) is 14.0 Å². The standard InChI is InChI=1S/C18H27NO4/c1-13-8-10-15(11-9-13)7-5-4-6-12-22-18(21)19(3)16-14(2)23-17(16)20/h8,10-11,13-14,16H,4-7,9,12H2,1-3H3. The van der Waals surface area contributed by atoms with Crippen molar-refractivity contribution in [3.05, 3.63) is 23.8 Å². The van der Waals surface area contributed by atoms with Crippen molar-refractivity contribution in [3.8, 4) is 0 Å². The van der Waals surface area contributed by atoms with Gasteiger partial charge in [0.1, 0.15) is 6.10 Å². The maximum Gasteiger partial charge on any atom is 0.410 e. The van der Waals surface area contributed by atoms with Crippen molar-refractivity contribution >= 4 is 12.1 Å². The number of unbranched alkanes of at least 4 members (excludes halogenated alkanes) is 2. The topological polar surface area (TPSA) is 55.8 Å². The predicted molar refractivity (Wildman–Crippen MR) is 87.9 cm³/mol. The van der Waals surface area contributed by atoms with Gasteiger partial charge >= 0.3 is 12.1 Å². The number of carbonyl (C=O) groups excluding carboxylic acids is 2. The smallest absolute Gasteiger partial charge is 0.410 e. The molecular weight excluding hydrogens is 294 g/mol. The van der Waals surface area contributed by atoms with Gasteiger partial charge in [0.15, 0.2) is 6.04 Å². The van der Waals surface area contributed by atoms with Crippen LogP contribution in [0.15, 0.2) is 23.8 Å². The second-order valence-electron chi connectivity index (χ2n) is 6.47. The molecule has 0 aromatic carbocycles. The Labute approximate surface area is 138 Å². The fourth-order valence-corrected chi connectivity index (χ4v) is 2.85. The lowest BCUT2D eigenvalue weighted by atomic mass is 9.95. The summed E-state index contributed by atoms with van der Waals surface area (Å²) in [6, 6.07) is -0.505. The Morgan fingerprint density at radius 2 is 2.13 bits per heavy atom. The Morgan fingerprint density at radius 3 is 2.74 bits per heavy atom. The third-order valence-electron chi connectivity index (χ3n) is 4.42. The zero-order chi connectivity index (χ0) is 16.8. The number of likely N-dealkylation sites (N-methyl/N-ethyl adjacent to an activating group) is 1. The van der Waals surface area contributed by atoms with Crippen LogP contribution in [-0.2, 0) is 14.3 Å². The van der Waals surface area contributed by atoms with Crippen LogP contribution in [0.1, 0.15) is 46.0 Å². The van der Waals surface area contributed by atoms with Gasteiger partial charge in [-0.25, -0.2) is 9.59 Å². The number of carbonyl (C=O) groups is 2. The number of allylic oxidation sites excluding steroid dienone is 4. The average molecular weight is 321 g/mol. The van der Waals surface area contributed by atoms with E-state index in [1.807, 2.05) is 0 Å². The molecule has 3 unspecified atom stereocenters. The number of esters is 1. The molecular formula is C18H27NO4. The number of amides is 1. The molecule has 0 saturated carbocycles. The van der Waals surface area contributed by atoms with E-state index in [2.05, 4.69) is 25.2 Å². The van der Waals surface area contributed by atoms with Gasteiger partial charge in [-0.2, -0.15) is 0 Å². The molecule has 1 aliphatic carbocycles. The van der Waals surface area contributed by atoms with E-state index in [0.717, 1.165) is 32.1 Å². The molecule has 1 aliphatic heterocycles. The highest BCUT2D eigenvalue weighted by molar-refractivity contribution is 5.86. The van der Waals surface area contributed by atoms with Gasteiger partial charge in [-0.05, 0) is 44.9 Å². The third-order valence-corrected chi connectivity index (χ3v) is 4.42. The van der Waals surface area contributed by atoms with Crippen LogP contribution in [0.2, 0.25) is 0 Å². The summed E-state index contributed by atoms with van der Waals surface area (Å²) < 4.78 is 10.1. The van der Waals surface area contributed by atoms with E-state index in [-0.39, 0.29) is 12.1 Å². The molecule has 1 saturated heterocycles. The highest BCUT2D eigenvalue weighted by Gasteiger charge is 2.44. The van der Waals surface area contributed by atoms with Crippen molar-refractivity contribution in [3.63, 3.8) is 0 Å². The summed E-state index contributed by atoms with van der Waals surface area (Å²) in [7, 11) is 1.58. The molecule has 128 valence electrons. The van der Waals surface area contributed by atoms with Crippen LogP contribution < -0.4 is 0 Å². The summed E-state index contributed by atoms with van der Waals surface area (Å²) >= 11 is 0. The van der Waals surface area contributed by atoms with Gasteiger partial charge in [0.05, 0.1) is 6.61 Å². The van der Waals surface area contributed by atoms with Crippen molar-refractivity contribution in [1.29, 1.82) is 0 Å². The molecule has 0 aromatic heterocycles. The van der Waals surface area contributed by atoms with Crippen molar-refractivity contribution in [1.82, 2.24) is 4.90 Å². The van der Waals surface area contributed by atoms with Gasteiger partial charge in [-0.3, -0.25) is 4.90 Å². The second kappa shape index (κ2) is 8.18. The molecule has 1 amide bonds. The molecule has 5 heteroatoms. The summed E-state index contributed by atoms with van der Waals surface area (Å²) in [5.74, 6) is 0.297. The van der Waals surface area contributed by atoms with Crippen LogP contribution in [0, 0.1) is 5.92 Å². The lowest BCUT2D eigenvalue weighted by molar-refractivity contribution is -0.182. The zero-order valence-corrected chi connectivity index (χ0v) is 14.3. The lowest BCUT2D eigenvalue weighted by Gasteiger charge is -2.37. The largest absolute Gasteiger partial charge is 0.458 e. The second-order valence-corrected chi connectivity index (χ2v) is 6.47. The van der Waals surface area contributed by atoms with Gasteiger partial charge in [0.25, 0.3) is 0 Å². The van der Waals surface area contributed by atoms with Gasteiger partial charge < -0.3 is 9.47 Å². The lowest BCUT2D eigenvalue weighted by Crippen LogP contribution is -2.59. The molecule has 0 aromatic rings. The number of ether oxygens (including phenoxy) is 2. The molecule has 0 bridgehead atoms. The Kier molecular flexibility index (Phi) is 6.25. The first-order valence-corrected chi connectivity index (χ1v) is 8.46. The summed E-state index contributed by atoms with van der Waals surface area (Å²) in [4.78, 5) is 24.5. The number of hydrogen-bond acceptors (Lipinski definition) is 4. The van der Waals surface area contributed by atoms with Gasteiger partial charge in [-0.1, -0.05) is 30.7 Å². The molecule has 1 heterocycles. The Bertz CT molecular complexity index is 497. The van der Waals surface area contributed by atoms with Gasteiger partial charge in [0.2, 0.25) is 0 Å². The first-order chi connectivity index (χ1) is 11.0. The monoisotopic (exact) mass is 321 g/mol. The van der Waals surface area contributed by atoms with Crippen molar-refractivity contribution in [2.75, 3.05) is 13.7 Å². The molecule has 2 aliphatic rings. The SMILES string of the molecule is CC1C=CC(CCCCCOC(=O)N(C)C2C(=O)OC2C)=CC1. The number of nitrogens with zero attached hydrogens (tertiary/aromatic N) is 1. The van der Waals surface area contributed by atoms with Crippen LogP contribution in [-0.4, -0.2) is 42.8 Å². The van der Waals surface area contributed by atoms with Crippen molar-refractivity contribution in [2.24, 2.45) is 5.92 Å². The first kappa shape index (κ1) is 17.6. The molecule has 2 rings (SSSR count). The summed E-state index contributed by atoms with van der Waals surface area (Å²) in [6.45, 7) is 4.38. The summed E-state index contributed by atoms with van der Waals surface area (Å²) in [5, 5.41) is 0. The maximum atomic E-state index is 11.9. The minimum Gasteiger partial charge on any atom is -0.458 e. The summed E-state index contributed by atoms with van der Waals surface area (Å²) in [6.07, 6.45) is 11.3. The molecule has 23 heavy (non-hydrogen) atoms. The minimum atomic E-state index is -0.505. The van der Waals surface area contributed by atoms with Crippen LogP contribution >= 0.6 is 0 Å². The van der Waals surface area contributed by atoms with Crippen molar-refractivity contribution < 1.29 is 19.1 Å². The van der Waals surface area contributed by atoms with Crippen molar-refractivity contribution in [2.45, 2.75) is 58.1 Å². The number of cyclic esters (lactones) is 1. The van der Waals surface area contributed by atoms with Crippen LogP contribution in [0.3, 0.4) is 0 Å². The fourth-order valence-electron chi connectivity index (χ4n) is 2.85. The third kappa shape index (κ3) is 4.85. The van der Waals surface area contributed by atoms with E-state index in [1.165, 1.54) is 10.5 Å². The highest BCUT2D eigenvalue weighted by atomic mass is 16.6. The van der Waals surface area contributed by atoms with Gasteiger partial charge in [-0.15, -0.1) is 0 Å². The van der Waals surface area contributed by atoms with E-state index < -0.39 is 12.1 Å². The maximum absolute atomic E-state index is 11.9. The van der Waals surface area contributed by atoms with E-state index in [0.29, 0.717) is 12.5 Å². The average Bonchev–Trinajstić information content (AvgIpc) is 2.51. The molecule has 0 N–H and O–H groups in total. The Hall–Kier alpha value is -1.78. The number of hydrogen-bond donors (Lipinski definition) is 0. The van der Waals surface area contributed by atoms with E-state index in [9.17, 15) is 9.59 Å². The molecule has 0 radical (unpaired) electrons. The minimum absolute atomic E-state index is 0.250. The van der Waals surface area contributed by atoms with Crippen LogP contribution in [0.25, 0.3) is 0 Å². The zero-order valence-electron chi connectivity index (χ0n) is 14.3. The first-order valence-electron chi connectivity index (χ1n) is 8.46. The van der Waals surface area contributed by atoms with E-state index >= 15 is 0 Å². The summed E-state index contributed by atoms with van der Waals surface area (Å²) in [5.41, 5.74) is 1.41. The number of rotatable bonds is 7. The fraction of sp³-hybridized carbons (Fsp3) is 0.667. The molecule has 3 atom stereocenters. The van der Waals surface area contributed by atoms with Gasteiger partial charge in [0, 0.05) is 7.05 Å². The predicted octanol–water partition coefficient (Wildman–Crippen LogP) is 3.45. The Morgan fingerprint density at radius 1 is 1.35 bits per heavy atom. The Balaban J connectivity index is 1.54. The van der Waals surface area contributed by atoms with Crippen LogP contribution in [0.4, 0.5) is 4.79 Å². The quantitative estimate of drug-likeness (QED) is 0.532. The normalized spacial score (nSPS) is 26.1. The van der Waals surface area contributed by atoms with Crippen LogP contribution in [0.5, 0.6) is 0 Å². The molecule has 0 spiro atoms. The highest BCUT2D eigenvalue weighted by Crippen LogP contribution is 2.21. The molecule has 1 fully saturated rings.